The number of hydrogen-bond donors (Lipinski definition) is 1. The fourth-order valence-electron chi connectivity index (χ4n) is 3.70. The summed E-state index contributed by atoms with van der Waals surface area (Å²) in [5.41, 5.74) is 1.71. The second-order valence-electron chi connectivity index (χ2n) is 7.87. The molecule has 0 unspecified atom stereocenters. The monoisotopic (exact) mass is 460 g/mol. The van der Waals surface area contributed by atoms with Crippen molar-refractivity contribution in [3.05, 3.63) is 55.5 Å². The molecule has 9 nitrogen and oxygen atoms in total. The summed E-state index contributed by atoms with van der Waals surface area (Å²) < 4.78 is 37.7. The Balaban J connectivity index is 2.26. The molecule has 0 aliphatic heterocycles. The third-order valence-electron chi connectivity index (χ3n) is 5.49. The summed E-state index contributed by atoms with van der Waals surface area (Å²) in [5, 5.41) is 0. The highest BCUT2D eigenvalue weighted by Gasteiger charge is 2.19. The van der Waals surface area contributed by atoms with Crippen molar-refractivity contribution in [3.63, 3.8) is 0 Å². The lowest BCUT2D eigenvalue weighted by Crippen LogP contribution is -2.40. The highest BCUT2D eigenvalue weighted by Crippen LogP contribution is 2.23. The first-order valence-electron chi connectivity index (χ1n) is 10.5. The second kappa shape index (κ2) is 8.87. The highest BCUT2D eigenvalue weighted by molar-refractivity contribution is 7.86. The normalized spacial score (nSPS) is 12.3. The molecule has 10 heteroatoms. The van der Waals surface area contributed by atoms with Gasteiger partial charge in [0.05, 0.1) is 0 Å². The molecule has 0 atom stereocenters. The number of imidazole rings is 1. The Kier molecular flexibility index (Phi) is 6.56. The molecular formula is C22H28N4O5S. The van der Waals surface area contributed by atoms with Crippen LogP contribution in [0.2, 0.25) is 0 Å². The maximum Gasteiger partial charge on any atom is 0.332 e. The fourth-order valence-corrected chi connectivity index (χ4v) is 4.45. The lowest BCUT2D eigenvalue weighted by molar-refractivity contribution is 0.483. The van der Waals surface area contributed by atoms with E-state index in [1.807, 2.05) is 20.8 Å². The van der Waals surface area contributed by atoms with E-state index in [0.29, 0.717) is 48.5 Å². The quantitative estimate of drug-likeness (QED) is 0.542. The summed E-state index contributed by atoms with van der Waals surface area (Å²) in [7, 11) is -2.75. The molecule has 0 bridgehead atoms. The average Bonchev–Trinajstić information content (AvgIpc) is 3.04. The van der Waals surface area contributed by atoms with Crippen LogP contribution in [0.3, 0.4) is 0 Å². The Hall–Kier alpha value is -2.98. The Morgan fingerprint density at radius 3 is 2.19 bits per heavy atom. The third-order valence-corrected chi connectivity index (χ3v) is 6.40. The Morgan fingerprint density at radius 2 is 1.59 bits per heavy atom. The van der Waals surface area contributed by atoms with E-state index in [9.17, 15) is 22.6 Å². The van der Waals surface area contributed by atoms with Gasteiger partial charge < -0.3 is 4.57 Å². The predicted octanol–water partition coefficient (Wildman–Crippen LogP) is 2.75. The van der Waals surface area contributed by atoms with E-state index in [1.165, 1.54) is 21.3 Å². The zero-order chi connectivity index (χ0) is 23.8. The van der Waals surface area contributed by atoms with Gasteiger partial charge in [-0.25, -0.2) is 9.78 Å². The molecular weight excluding hydrogens is 432 g/mol. The fraction of sp³-hybridized carbons (Fsp3) is 0.409. The Bertz CT molecular complexity index is 1440. The van der Waals surface area contributed by atoms with Crippen LogP contribution in [0.25, 0.3) is 23.3 Å². The zero-order valence-corrected chi connectivity index (χ0v) is 19.7. The number of rotatable bonds is 7. The van der Waals surface area contributed by atoms with E-state index in [-0.39, 0.29) is 10.6 Å². The third kappa shape index (κ3) is 4.20. The summed E-state index contributed by atoms with van der Waals surface area (Å²) in [6, 6.07) is 3.08. The number of fused-ring (bicyclic) bond motifs is 1. The maximum absolute atomic E-state index is 13.0. The van der Waals surface area contributed by atoms with Crippen LogP contribution in [-0.4, -0.2) is 31.7 Å². The molecule has 0 spiro atoms. The van der Waals surface area contributed by atoms with Crippen LogP contribution in [0.5, 0.6) is 0 Å². The molecule has 0 aliphatic carbocycles. The molecule has 0 fully saturated rings. The minimum absolute atomic E-state index is 0.205. The van der Waals surface area contributed by atoms with Crippen molar-refractivity contribution < 1.29 is 13.0 Å². The lowest BCUT2D eigenvalue weighted by Gasteiger charge is -2.10. The number of nitrogens with zero attached hydrogens (tertiary/aromatic N) is 4. The Morgan fingerprint density at radius 1 is 1.00 bits per heavy atom. The van der Waals surface area contributed by atoms with Crippen LogP contribution in [0, 0.1) is 13.8 Å². The minimum atomic E-state index is -4.43. The van der Waals surface area contributed by atoms with Crippen molar-refractivity contribution in [3.8, 4) is 0 Å². The van der Waals surface area contributed by atoms with Gasteiger partial charge in [-0.1, -0.05) is 19.9 Å². The molecule has 0 saturated heterocycles. The summed E-state index contributed by atoms with van der Waals surface area (Å²) in [6.07, 6.45) is 4.44. The molecule has 0 radical (unpaired) electrons. The van der Waals surface area contributed by atoms with E-state index in [2.05, 4.69) is 4.98 Å². The number of benzene rings is 1. The molecule has 1 aromatic carbocycles. The van der Waals surface area contributed by atoms with Crippen LogP contribution in [-0.2, 0) is 30.3 Å². The van der Waals surface area contributed by atoms with Gasteiger partial charge in [0.2, 0.25) is 0 Å². The summed E-state index contributed by atoms with van der Waals surface area (Å²) in [5.74, 6) is 0.384. The standard InChI is InChI=1S/C22H28N4O5S/c1-6-10-25-20-19(21(27)26(11-7-2)22(25)28)24(5)18(23-20)9-8-16-12-14(3)15(4)13-17(16)32(29,30)31/h8-9,12-13H,6-7,10-11H2,1-5H3,(H,29,30,31). The minimum Gasteiger partial charge on any atom is -0.322 e. The Labute approximate surface area is 186 Å². The summed E-state index contributed by atoms with van der Waals surface area (Å²) in [4.78, 5) is 30.2. The molecule has 0 aliphatic rings. The predicted molar refractivity (Wildman–Crippen MR) is 124 cm³/mol. The van der Waals surface area contributed by atoms with Gasteiger partial charge in [-0.3, -0.25) is 18.5 Å². The largest absolute Gasteiger partial charge is 0.332 e. The molecule has 0 saturated carbocycles. The van der Waals surface area contributed by atoms with Crippen molar-refractivity contribution in [1.29, 1.82) is 0 Å². The van der Waals surface area contributed by atoms with Crippen LogP contribution < -0.4 is 11.2 Å². The summed E-state index contributed by atoms with van der Waals surface area (Å²) in [6.45, 7) is 8.17. The SMILES string of the molecule is CCCn1c(=O)c2c(nc(C=Cc3cc(C)c(C)cc3S(=O)(=O)O)n2C)n(CCC)c1=O. The van der Waals surface area contributed by atoms with Crippen molar-refractivity contribution in [2.45, 2.75) is 58.5 Å². The van der Waals surface area contributed by atoms with Gasteiger partial charge in [-0.15, -0.1) is 0 Å². The first-order chi connectivity index (χ1) is 15.0. The van der Waals surface area contributed by atoms with Crippen LogP contribution in [0.1, 0.15) is 49.2 Å². The van der Waals surface area contributed by atoms with Crippen molar-refractivity contribution >= 4 is 33.4 Å². The molecule has 172 valence electrons. The summed E-state index contributed by atoms with van der Waals surface area (Å²) >= 11 is 0. The number of hydrogen-bond acceptors (Lipinski definition) is 5. The molecule has 2 aromatic heterocycles. The van der Waals surface area contributed by atoms with Crippen LogP contribution in [0.15, 0.2) is 26.6 Å². The molecule has 3 rings (SSSR count). The van der Waals surface area contributed by atoms with Gasteiger partial charge in [0.1, 0.15) is 10.7 Å². The number of aromatic nitrogens is 4. The van der Waals surface area contributed by atoms with Crippen LogP contribution in [0.4, 0.5) is 0 Å². The molecule has 32 heavy (non-hydrogen) atoms. The van der Waals surface area contributed by atoms with Gasteiger partial charge in [-0.2, -0.15) is 8.42 Å². The highest BCUT2D eigenvalue weighted by atomic mass is 32.2. The van der Waals surface area contributed by atoms with Crippen LogP contribution >= 0.6 is 0 Å². The zero-order valence-electron chi connectivity index (χ0n) is 18.9. The molecule has 1 N–H and O–H groups in total. The second-order valence-corrected chi connectivity index (χ2v) is 9.26. The molecule has 0 amide bonds. The number of aryl methyl sites for hydroxylation is 4. The van der Waals surface area contributed by atoms with Crippen molar-refractivity contribution in [2.75, 3.05) is 0 Å². The van der Waals surface area contributed by atoms with Gasteiger partial charge >= 0.3 is 5.69 Å². The average molecular weight is 461 g/mol. The maximum atomic E-state index is 13.0. The van der Waals surface area contributed by atoms with E-state index in [0.717, 1.165) is 11.1 Å². The lowest BCUT2D eigenvalue weighted by atomic mass is 10.1. The van der Waals surface area contributed by atoms with Gasteiger partial charge in [0, 0.05) is 20.1 Å². The van der Waals surface area contributed by atoms with E-state index >= 15 is 0 Å². The molecule has 2 heterocycles. The topological polar surface area (TPSA) is 116 Å². The van der Waals surface area contributed by atoms with E-state index in [4.69, 9.17) is 0 Å². The van der Waals surface area contributed by atoms with E-state index in [1.54, 1.807) is 30.7 Å². The van der Waals surface area contributed by atoms with E-state index < -0.39 is 15.7 Å². The van der Waals surface area contributed by atoms with Gasteiger partial charge in [0.25, 0.3) is 15.7 Å². The van der Waals surface area contributed by atoms with Crippen molar-refractivity contribution in [1.82, 2.24) is 18.7 Å². The molecule has 3 aromatic rings. The first kappa shape index (κ1) is 23.7. The van der Waals surface area contributed by atoms with Crippen molar-refractivity contribution in [2.24, 2.45) is 7.05 Å². The first-order valence-corrected chi connectivity index (χ1v) is 11.9. The van der Waals surface area contributed by atoms with Gasteiger partial charge in [-0.05, 0) is 61.6 Å². The van der Waals surface area contributed by atoms with Gasteiger partial charge in [0.15, 0.2) is 11.2 Å². The smallest absolute Gasteiger partial charge is 0.322 e.